The molecule has 0 unspecified atom stereocenters. The molecule has 1 amide bonds. The molecule has 1 aromatic carbocycles. The summed E-state index contributed by atoms with van der Waals surface area (Å²) in [4.78, 5) is 25.9. The Morgan fingerprint density at radius 2 is 1.91 bits per heavy atom. The summed E-state index contributed by atoms with van der Waals surface area (Å²) in [5.74, 6) is -0.136. The summed E-state index contributed by atoms with van der Waals surface area (Å²) in [6.45, 7) is 8.21. The molecule has 1 saturated heterocycles. The Kier molecular flexibility index (Phi) is 6.16. The van der Waals surface area contributed by atoms with E-state index in [0.29, 0.717) is 13.2 Å². The average Bonchev–Trinajstić information content (AvgIpc) is 2.52. The van der Waals surface area contributed by atoms with E-state index in [0.717, 1.165) is 37.2 Å². The number of rotatable bonds is 5. The third-order valence-electron chi connectivity index (χ3n) is 4.37. The Labute approximate surface area is 138 Å². The Hall–Kier alpha value is -1.88. The first-order chi connectivity index (χ1) is 11.0. The summed E-state index contributed by atoms with van der Waals surface area (Å²) in [6, 6.07) is 5.92. The molecule has 1 heterocycles. The number of hydrogen-bond acceptors (Lipinski definition) is 4. The van der Waals surface area contributed by atoms with Gasteiger partial charge in [-0.2, -0.15) is 0 Å². The molecule has 1 aliphatic heterocycles. The van der Waals surface area contributed by atoms with Crippen LogP contribution < -0.4 is 5.32 Å². The van der Waals surface area contributed by atoms with Crippen molar-refractivity contribution in [1.82, 2.24) is 4.90 Å². The van der Waals surface area contributed by atoms with E-state index in [-0.39, 0.29) is 17.8 Å². The zero-order valence-electron chi connectivity index (χ0n) is 14.2. The molecule has 0 spiro atoms. The number of amides is 1. The standard InChI is InChI=1S/C18H26N2O3/c1-4-23-18(22)15-7-9-20(10-8-15)12-17(21)19-16-6-5-13(2)14(3)11-16/h5-6,11,15H,4,7-10,12H2,1-3H3,(H,19,21). The normalized spacial score (nSPS) is 16.1. The van der Waals surface area contributed by atoms with Crippen molar-refractivity contribution in [1.29, 1.82) is 0 Å². The highest BCUT2D eigenvalue weighted by Gasteiger charge is 2.26. The molecule has 0 bridgehead atoms. The van der Waals surface area contributed by atoms with E-state index in [1.165, 1.54) is 5.56 Å². The van der Waals surface area contributed by atoms with Crippen LogP contribution in [-0.4, -0.2) is 43.0 Å². The van der Waals surface area contributed by atoms with Crippen LogP contribution in [0.1, 0.15) is 30.9 Å². The first-order valence-corrected chi connectivity index (χ1v) is 8.25. The van der Waals surface area contributed by atoms with Crippen LogP contribution in [0.15, 0.2) is 18.2 Å². The van der Waals surface area contributed by atoms with Crippen LogP contribution in [0.5, 0.6) is 0 Å². The number of nitrogens with one attached hydrogen (secondary N) is 1. The summed E-state index contributed by atoms with van der Waals surface area (Å²) in [5.41, 5.74) is 3.21. The molecule has 1 fully saturated rings. The highest BCUT2D eigenvalue weighted by molar-refractivity contribution is 5.92. The number of nitrogens with zero attached hydrogens (tertiary/aromatic N) is 1. The molecule has 0 atom stereocenters. The van der Waals surface area contributed by atoms with E-state index in [9.17, 15) is 9.59 Å². The zero-order chi connectivity index (χ0) is 16.8. The first kappa shape index (κ1) is 17.5. The summed E-state index contributed by atoms with van der Waals surface area (Å²) < 4.78 is 5.06. The van der Waals surface area contributed by atoms with Crippen LogP contribution >= 0.6 is 0 Å². The van der Waals surface area contributed by atoms with Gasteiger partial charge in [0.25, 0.3) is 0 Å². The fraction of sp³-hybridized carbons (Fsp3) is 0.556. The number of carbonyl (C=O) groups is 2. The van der Waals surface area contributed by atoms with E-state index in [4.69, 9.17) is 4.74 Å². The lowest BCUT2D eigenvalue weighted by atomic mass is 9.97. The Morgan fingerprint density at radius 3 is 2.52 bits per heavy atom. The molecule has 2 rings (SSSR count). The molecule has 0 saturated carbocycles. The summed E-state index contributed by atoms with van der Waals surface area (Å²) in [6.07, 6.45) is 1.52. The number of hydrogen-bond donors (Lipinski definition) is 1. The second-order valence-corrected chi connectivity index (χ2v) is 6.15. The number of anilines is 1. The summed E-state index contributed by atoms with van der Waals surface area (Å²) in [5, 5.41) is 2.94. The van der Waals surface area contributed by atoms with Crippen molar-refractivity contribution in [3.63, 3.8) is 0 Å². The maximum Gasteiger partial charge on any atom is 0.309 e. The number of carbonyl (C=O) groups excluding carboxylic acids is 2. The van der Waals surface area contributed by atoms with Crippen LogP contribution in [0.4, 0.5) is 5.69 Å². The maximum absolute atomic E-state index is 12.2. The van der Waals surface area contributed by atoms with Gasteiger partial charge in [0.2, 0.25) is 5.91 Å². The molecule has 0 radical (unpaired) electrons. The van der Waals surface area contributed by atoms with Gasteiger partial charge in [0.15, 0.2) is 0 Å². The number of benzene rings is 1. The zero-order valence-corrected chi connectivity index (χ0v) is 14.2. The van der Waals surface area contributed by atoms with E-state index in [1.54, 1.807) is 0 Å². The smallest absolute Gasteiger partial charge is 0.309 e. The fourth-order valence-corrected chi connectivity index (χ4v) is 2.81. The van der Waals surface area contributed by atoms with Crippen molar-refractivity contribution < 1.29 is 14.3 Å². The second kappa shape index (κ2) is 8.11. The molecule has 0 aromatic heterocycles. The summed E-state index contributed by atoms with van der Waals surface area (Å²) in [7, 11) is 0. The third kappa shape index (κ3) is 5.06. The molecule has 0 aliphatic carbocycles. The summed E-state index contributed by atoms with van der Waals surface area (Å²) >= 11 is 0. The van der Waals surface area contributed by atoms with E-state index in [2.05, 4.69) is 17.1 Å². The quantitative estimate of drug-likeness (QED) is 0.848. The van der Waals surface area contributed by atoms with E-state index in [1.807, 2.05) is 32.0 Å². The minimum atomic E-state index is -0.105. The number of piperidine rings is 1. The minimum Gasteiger partial charge on any atom is -0.466 e. The highest BCUT2D eigenvalue weighted by atomic mass is 16.5. The lowest BCUT2D eigenvalue weighted by molar-refractivity contribution is -0.149. The van der Waals surface area contributed by atoms with Crippen LogP contribution in [0, 0.1) is 19.8 Å². The predicted molar refractivity (Wildman–Crippen MR) is 90.3 cm³/mol. The van der Waals surface area contributed by atoms with E-state index < -0.39 is 0 Å². The van der Waals surface area contributed by atoms with Gasteiger partial charge < -0.3 is 10.1 Å². The van der Waals surface area contributed by atoms with Gasteiger partial charge in [-0.25, -0.2) is 0 Å². The molecule has 23 heavy (non-hydrogen) atoms. The number of aryl methyl sites for hydroxylation is 2. The number of ether oxygens (including phenoxy) is 1. The molecule has 1 aliphatic rings. The van der Waals surface area contributed by atoms with Gasteiger partial charge in [-0.3, -0.25) is 14.5 Å². The Balaban J connectivity index is 1.78. The highest BCUT2D eigenvalue weighted by Crippen LogP contribution is 2.19. The molecule has 5 heteroatoms. The monoisotopic (exact) mass is 318 g/mol. The van der Waals surface area contributed by atoms with Gasteiger partial charge in [0.05, 0.1) is 19.1 Å². The lowest BCUT2D eigenvalue weighted by Gasteiger charge is -2.30. The Morgan fingerprint density at radius 1 is 1.22 bits per heavy atom. The van der Waals surface area contributed by atoms with Gasteiger partial charge >= 0.3 is 5.97 Å². The SMILES string of the molecule is CCOC(=O)C1CCN(CC(=O)Nc2ccc(C)c(C)c2)CC1. The molecule has 1 N–H and O–H groups in total. The molecule has 126 valence electrons. The molecular formula is C18H26N2O3. The average molecular weight is 318 g/mol. The van der Waals surface area contributed by atoms with Crippen LogP contribution in [0.25, 0.3) is 0 Å². The maximum atomic E-state index is 12.2. The van der Waals surface area contributed by atoms with Gasteiger partial charge in [0, 0.05) is 5.69 Å². The van der Waals surface area contributed by atoms with Crippen molar-refractivity contribution in [2.45, 2.75) is 33.6 Å². The van der Waals surface area contributed by atoms with E-state index >= 15 is 0 Å². The van der Waals surface area contributed by atoms with Gasteiger partial charge in [-0.1, -0.05) is 6.07 Å². The van der Waals surface area contributed by atoms with Crippen molar-refractivity contribution in [2.75, 3.05) is 31.6 Å². The lowest BCUT2D eigenvalue weighted by Crippen LogP contribution is -2.41. The molecule has 1 aromatic rings. The van der Waals surface area contributed by atoms with Gasteiger partial charge in [-0.15, -0.1) is 0 Å². The van der Waals surface area contributed by atoms with Gasteiger partial charge in [-0.05, 0) is 70.0 Å². The van der Waals surface area contributed by atoms with Crippen LogP contribution in [0.2, 0.25) is 0 Å². The largest absolute Gasteiger partial charge is 0.466 e. The van der Waals surface area contributed by atoms with Gasteiger partial charge in [0.1, 0.15) is 0 Å². The minimum absolute atomic E-state index is 0.0113. The van der Waals surface area contributed by atoms with Crippen molar-refractivity contribution >= 4 is 17.6 Å². The topological polar surface area (TPSA) is 58.6 Å². The third-order valence-corrected chi connectivity index (χ3v) is 4.37. The Bertz CT molecular complexity index is 563. The molecule has 5 nitrogen and oxygen atoms in total. The second-order valence-electron chi connectivity index (χ2n) is 6.15. The number of esters is 1. The predicted octanol–water partition coefficient (Wildman–Crippen LogP) is 2.52. The van der Waals surface area contributed by atoms with Crippen molar-refractivity contribution in [2.24, 2.45) is 5.92 Å². The van der Waals surface area contributed by atoms with Crippen LogP contribution in [0.3, 0.4) is 0 Å². The van der Waals surface area contributed by atoms with Crippen LogP contribution in [-0.2, 0) is 14.3 Å². The van der Waals surface area contributed by atoms with Crippen molar-refractivity contribution in [3.8, 4) is 0 Å². The number of likely N-dealkylation sites (tertiary alicyclic amines) is 1. The van der Waals surface area contributed by atoms with Crippen molar-refractivity contribution in [3.05, 3.63) is 29.3 Å². The first-order valence-electron chi connectivity index (χ1n) is 8.25. The molecular weight excluding hydrogens is 292 g/mol. The fourth-order valence-electron chi connectivity index (χ4n) is 2.81.